The highest BCUT2D eigenvalue weighted by atomic mass is 16.8. The summed E-state index contributed by atoms with van der Waals surface area (Å²) in [6.07, 6.45) is -17.7. The lowest BCUT2D eigenvalue weighted by atomic mass is 9.98. The van der Waals surface area contributed by atoms with Crippen LogP contribution in [0.25, 0.3) is 0 Å². The maximum absolute atomic E-state index is 11.0. The summed E-state index contributed by atoms with van der Waals surface area (Å²) in [6, 6.07) is 0. The molecule has 2 aliphatic heterocycles. The minimum absolute atomic E-state index is 0.724. The van der Waals surface area contributed by atoms with Gasteiger partial charge in [0.05, 0.1) is 6.61 Å². The standard InChI is InChI=1S/C12H20O12/c13-1-2-3(14)4(15)7(18)11(22-2)24-12-8(19)5(16)6(17)9(23-12)10(20)21/h2-9,11-19H,1H2,(H,20,21)/t2-,3-,4+,5+,6+,7-,8-,9+,11+,12?/m1/s1. The molecule has 10 atom stereocenters. The fraction of sp³-hybridized carbons (Fsp3) is 0.917. The average molecular weight is 356 g/mol. The average Bonchev–Trinajstić information content (AvgIpc) is 2.55. The first kappa shape index (κ1) is 19.4. The minimum atomic E-state index is -1.92. The van der Waals surface area contributed by atoms with Gasteiger partial charge in [0.2, 0.25) is 0 Å². The number of carboxylic acids is 1. The van der Waals surface area contributed by atoms with Gasteiger partial charge in [-0.15, -0.1) is 0 Å². The van der Waals surface area contributed by atoms with Crippen LogP contribution in [0.1, 0.15) is 0 Å². The number of carbonyl (C=O) groups is 1. The zero-order chi connectivity index (χ0) is 18.2. The third kappa shape index (κ3) is 3.52. The highest BCUT2D eigenvalue weighted by molar-refractivity contribution is 5.73. The number of aliphatic carboxylic acids is 1. The van der Waals surface area contributed by atoms with E-state index in [9.17, 15) is 35.4 Å². The van der Waals surface area contributed by atoms with Crippen molar-refractivity contribution >= 4 is 5.97 Å². The molecule has 12 nitrogen and oxygen atoms in total. The monoisotopic (exact) mass is 356 g/mol. The number of ether oxygens (including phenoxy) is 3. The third-order valence-corrected chi connectivity index (χ3v) is 3.93. The molecule has 2 saturated heterocycles. The summed E-state index contributed by atoms with van der Waals surface area (Å²) in [5.41, 5.74) is 0. The second kappa shape index (κ2) is 7.53. The van der Waals surface area contributed by atoms with E-state index in [1.165, 1.54) is 0 Å². The van der Waals surface area contributed by atoms with Crippen LogP contribution in [0.5, 0.6) is 0 Å². The van der Waals surface area contributed by atoms with Crippen molar-refractivity contribution in [2.24, 2.45) is 0 Å². The van der Waals surface area contributed by atoms with Gasteiger partial charge < -0.3 is 55.1 Å². The molecule has 0 amide bonds. The van der Waals surface area contributed by atoms with Crippen LogP contribution in [0.3, 0.4) is 0 Å². The molecule has 0 bridgehead atoms. The molecule has 24 heavy (non-hydrogen) atoms. The van der Waals surface area contributed by atoms with E-state index in [0.717, 1.165) is 0 Å². The molecule has 0 aliphatic carbocycles. The second-order valence-electron chi connectivity index (χ2n) is 5.57. The molecule has 0 saturated carbocycles. The first-order valence-corrected chi connectivity index (χ1v) is 7.07. The first-order valence-electron chi connectivity index (χ1n) is 7.07. The molecule has 12 heteroatoms. The van der Waals surface area contributed by atoms with Crippen LogP contribution in [0, 0.1) is 0 Å². The van der Waals surface area contributed by atoms with Crippen LogP contribution in [0.15, 0.2) is 0 Å². The number of carboxylic acid groups (broad SMARTS) is 1. The fourth-order valence-electron chi connectivity index (χ4n) is 2.48. The zero-order valence-electron chi connectivity index (χ0n) is 12.2. The lowest BCUT2D eigenvalue weighted by molar-refractivity contribution is -0.372. The maximum atomic E-state index is 11.0. The van der Waals surface area contributed by atoms with Gasteiger partial charge in [0, 0.05) is 0 Å². The number of aliphatic hydroxyl groups excluding tert-OH is 7. The SMILES string of the molecule is O=C(O)[C@H]1OC(O[C@@H]2O[C@H](CO)[C@@H](O)[C@H](O)[C@H]2O)[C@H](O)[C@@H](O)[C@@H]1O. The van der Waals surface area contributed by atoms with E-state index in [1.54, 1.807) is 0 Å². The van der Waals surface area contributed by atoms with Gasteiger partial charge in [-0.3, -0.25) is 0 Å². The first-order chi connectivity index (χ1) is 11.2. The molecule has 2 aliphatic rings. The van der Waals surface area contributed by atoms with Crippen molar-refractivity contribution < 1.29 is 59.9 Å². The Morgan fingerprint density at radius 2 is 1.29 bits per heavy atom. The maximum Gasteiger partial charge on any atom is 0.335 e. The summed E-state index contributed by atoms with van der Waals surface area (Å²) in [7, 11) is 0. The van der Waals surface area contributed by atoms with E-state index >= 15 is 0 Å². The molecule has 0 aromatic heterocycles. The number of aliphatic hydroxyl groups is 7. The summed E-state index contributed by atoms with van der Waals surface area (Å²) in [4.78, 5) is 11.0. The number of rotatable bonds is 4. The van der Waals surface area contributed by atoms with Gasteiger partial charge in [0.25, 0.3) is 0 Å². The third-order valence-electron chi connectivity index (χ3n) is 3.93. The van der Waals surface area contributed by atoms with Crippen LogP contribution >= 0.6 is 0 Å². The Balaban J connectivity index is 2.11. The van der Waals surface area contributed by atoms with Crippen molar-refractivity contribution in [3.8, 4) is 0 Å². The van der Waals surface area contributed by atoms with Gasteiger partial charge in [-0.1, -0.05) is 0 Å². The highest BCUT2D eigenvalue weighted by Gasteiger charge is 2.51. The van der Waals surface area contributed by atoms with E-state index in [1.807, 2.05) is 0 Å². The van der Waals surface area contributed by atoms with E-state index in [4.69, 9.17) is 24.4 Å². The van der Waals surface area contributed by atoms with Crippen LogP contribution in [0.2, 0.25) is 0 Å². The molecular formula is C12H20O12. The summed E-state index contributed by atoms with van der Waals surface area (Å²) in [6.45, 7) is -0.724. The van der Waals surface area contributed by atoms with Crippen molar-refractivity contribution in [3.63, 3.8) is 0 Å². The van der Waals surface area contributed by atoms with E-state index in [2.05, 4.69) is 0 Å². The van der Waals surface area contributed by atoms with Gasteiger partial charge in [-0.05, 0) is 0 Å². The summed E-state index contributed by atoms with van der Waals surface area (Å²) < 4.78 is 14.9. The smallest absolute Gasteiger partial charge is 0.335 e. The zero-order valence-corrected chi connectivity index (χ0v) is 12.2. The number of hydrogen-bond acceptors (Lipinski definition) is 11. The molecule has 0 aromatic rings. The van der Waals surface area contributed by atoms with Crippen molar-refractivity contribution in [3.05, 3.63) is 0 Å². The van der Waals surface area contributed by atoms with Crippen molar-refractivity contribution in [1.82, 2.24) is 0 Å². The lowest BCUT2D eigenvalue weighted by Crippen LogP contribution is -2.64. The Hall–Kier alpha value is -0.930. The van der Waals surface area contributed by atoms with Crippen molar-refractivity contribution in [2.45, 2.75) is 61.4 Å². The Bertz CT molecular complexity index is 444. The molecule has 0 radical (unpaired) electrons. The number of hydrogen-bond donors (Lipinski definition) is 8. The molecular weight excluding hydrogens is 336 g/mol. The summed E-state index contributed by atoms with van der Waals surface area (Å²) >= 11 is 0. The van der Waals surface area contributed by atoms with Crippen LogP contribution in [-0.2, 0) is 19.0 Å². The van der Waals surface area contributed by atoms with Gasteiger partial charge in [-0.25, -0.2) is 4.79 Å². The van der Waals surface area contributed by atoms with Crippen LogP contribution in [0.4, 0.5) is 0 Å². The van der Waals surface area contributed by atoms with Gasteiger partial charge in [0.15, 0.2) is 18.7 Å². The van der Waals surface area contributed by atoms with E-state index in [-0.39, 0.29) is 0 Å². The molecule has 8 N–H and O–H groups in total. The molecule has 0 aromatic carbocycles. The Labute approximate surface area is 135 Å². The van der Waals surface area contributed by atoms with Crippen molar-refractivity contribution in [1.29, 1.82) is 0 Å². The molecule has 1 unspecified atom stereocenters. The summed E-state index contributed by atoms with van der Waals surface area (Å²) in [5.74, 6) is -1.63. The Morgan fingerprint density at radius 1 is 0.792 bits per heavy atom. The predicted molar refractivity (Wildman–Crippen MR) is 69.2 cm³/mol. The van der Waals surface area contributed by atoms with Gasteiger partial charge in [-0.2, -0.15) is 0 Å². The van der Waals surface area contributed by atoms with Gasteiger partial charge in [0.1, 0.15) is 42.7 Å². The van der Waals surface area contributed by atoms with Crippen molar-refractivity contribution in [2.75, 3.05) is 6.61 Å². The lowest BCUT2D eigenvalue weighted by Gasteiger charge is -2.44. The quantitative estimate of drug-likeness (QED) is 0.238. The molecule has 2 rings (SSSR count). The molecule has 2 fully saturated rings. The van der Waals surface area contributed by atoms with E-state index < -0.39 is 74.0 Å². The second-order valence-corrected chi connectivity index (χ2v) is 5.57. The van der Waals surface area contributed by atoms with Crippen LogP contribution < -0.4 is 0 Å². The molecule has 0 spiro atoms. The van der Waals surface area contributed by atoms with Crippen LogP contribution in [-0.4, -0.2) is 115 Å². The topological polar surface area (TPSA) is 207 Å². The van der Waals surface area contributed by atoms with Gasteiger partial charge >= 0.3 is 5.97 Å². The molecule has 2 heterocycles. The fourth-order valence-corrected chi connectivity index (χ4v) is 2.48. The Kier molecular flexibility index (Phi) is 6.09. The normalized spacial score (nSPS) is 49.8. The summed E-state index contributed by atoms with van der Waals surface area (Å²) in [5, 5.41) is 76.1. The predicted octanol–water partition coefficient (Wildman–Crippen LogP) is -5.30. The molecule has 140 valence electrons. The minimum Gasteiger partial charge on any atom is -0.479 e. The highest BCUT2D eigenvalue weighted by Crippen LogP contribution is 2.28. The van der Waals surface area contributed by atoms with E-state index in [0.29, 0.717) is 0 Å². The largest absolute Gasteiger partial charge is 0.479 e. The Morgan fingerprint density at radius 3 is 1.79 bits per heavy atom.